The first-order valence-electron chi connectivity index (χ1n) is 11.1. The Bertz CT molecular complexity index is 1360. The highest BCUT2D eigenvalue weighted by Gasteiger charge is 2.17. The van der Waals surface area contributed by atoms with Gasteiger partial charge in [0.25, 0.3) is 5.56 Å². The lowest BCUT2D eigenvalue weighted by Gasteiger charge is -2.26. The molecule has 0 atom stereocenters. The van der Waals surface area contributed by atoms with Crippen molar-refractivity contribution in [3.05, 3.63) is 100 Å². The van der Waals surface area contributed by atoms with Crippen molar-refractivity contribution >= 4 is 28.2 Å². The summed E-state index contributed by atoms with van der Waals surface area (Å²) >= 11 is 5.74. The van der Waals surface area contributed by atoms with Crippen molar-refractivity contribution in [1.29, 1.82) is 0 Å². The lowest BCUT2D eigenvalue weighted by Crippen LogP contribution is -2.40. The summed E-state index contributed by atoms with van der Waals surface area (Å²) in [6.07, 6.45) is 4.40. The van der Waals surface area contributed by atoms with E-state index in [9.17, 15) is 4.79 Å². The number of hydrogen-bond donors (Lipinski definition) is 2. The Morgan fingerprint density at radius 1 is 1.03 bits per heavy atom. The van der Waals surface area contributed by atoms with Crippen molar-refractivity contribution in [2.75, 3.05) is 13.3 Å². The number of rotatable bonds is 7. The summed E-state index contributed by atoms with van der Waals surface area (Å²) in [6.45, 7) is 1.77. The quantitative estimate of drug-likeness (QED) is 0.397. The average Bonchev–Trinajstić information content (AvgIpc) is 3.31. The highest BCUT2D eigenvalue weighted by molar-refractivity contribution is 7.80. The molecule has 8 heteroatoms. The summed E-state index contributed by atoms with van der Waals surface area (Å²) in [4.78, 5) is 22.1. The number of aromatic nitrogens is 2. The number of hydrogen-bond acceptors (Lipinski definition) is 5. The molecule has 2 N–H and O–H groups in total. The van der Waals surface area contributed by atoms with Crippen LogP contribution in [0.15, 0.2) is 77.9 Å². The van der Waals surface area contributed by atoms with E-state index in [0.29, 0.717) is 47.3 Å². The van der Waals surface area contributed by atoms with Gasteiger partial charge >= 0.3 is 0 Å². The van der Waals surface area contributed by atoms with Gasteiger partial charge in [0.1, 0.15) is 0 Å². The molecule has 0 unspecified atom stereocenters. The lowest BCUT2D eigenvalue weighted by atomic mass is 10.1. The van der Waals surface area contributed by atoms with E-state index in [2.05, 4.69) is 27.4 Å². The lowest BCUT2D eigenvalue weighted by molar-refractivity contribution is 0.174. The number of aromatic amines is 1. The van der Waals surface area contributed by atoms with E-state index in [1.165, 1.54) is 5.56 Å². The van der Waals surface area contributed by atoms with Crippen LogP contribution in [-0.2, 0) is 19.5 Å². The first kappa shape index (κ1) is 21.9. The van der Waals surface area contributed by atoms with Crippen LogP contribution in [0.3, 0.4) is 0 Å². The molecular formula is C26H24N4O3S. The molecule has 0 saturated heterocycles. The van der Waals surface area contributed by atoms with Crippen LogP contribution in [0.2, 0.25) is 0 Å². The number of ether oxygens (including phenoxy) is 2. The van der Waals surface area contributed by atoms with E-state index in [-0.39, 0.29) is 12.4 Å². The van der Waals surface area contributed by atoms with Crippen molar-refractivity contribution in [2.45, 2.75) is 19.5 Å². The van der Waals surface area contributed by atoms with Gasteiger partial charge in [-0.05, 0) is 48.0 Å². The maximum atomic E-state index is 12.9. The Labute approximate surface area is 202 Å². The molecule has 7 nitrogen and oxygen atoms in total. The highest BCUT2D eigenvalue weighted by atomic mass is 32.1. The number of nitrogens with one attached hydrogen (secondary N) is 2. The summed E-state index contributed by atoms with van der Waals surface area (Å²) in [7, 11) is 0. The Morgan fingerprint density at radius 2 is 1.82 bits per heavy atom. The third kappa shape index (κ3) is 5.02. The van der Waals surface area contributed by atoms with Gasteiger partial charge < -0.3 is 24.7 Å². The molecule has 3 heterocycles. The zero-order chi connectivity index (χ0) is 23.3. The van der Waals surface area contributed by atoms with Crippen molar-refractivity contribution < 1.29 is 9.47 Å². The fourth-order valence-electron chi connectivity index (χ4n) is 3.95. The van der Waals surface area contributed by atoms with Gasteiger partial charge in [-0.3, -0.25) is 9.78 Å². The summed E-state index contributed by atoms with van der Waals surface area (Å²) in [5.74, 6) is 1.31. The van der Waals surface area contributed by atoms with E-state index < -0.39 is 0 Å². The van der Waals surface area contributed by atoms with Gasteiger partial charge in [0.15, 0.2) is 16.6 Å². The molecule has 0 amide bonds. The predicted molar refractivity (Wildman–Crippen MR) is 135 cm³/mol. The molecule has 34 heavy (non-hydrogen) atoms. The molecule has 1 aliphatic heterocycles. The largest absolute Gasteiger partial charge is 0.454 e. The third-order valence-electron chi connectivity index (χ3n) is 5.69. The molecule has 0 saturated carbocycles. The van der Waals surface area contributed by atoms with Crippen LogP contribution in [0.5, 0.6) is 11.5 Å². The Balaban J connectivity index is 1.36. The van der Waals surface area contributed by atoms with Crippen LogP contribution >= 0.6 is 12.2 Å². The number of H-pyrrole nitrogens is 1. The minimum atomic E-state index is -0.158. The molecule has 172 valence electrons. The fourth-order valence-corrected chi connectivity index (χ4v) is 4.18. The molecule has 0 bridgehead atoms. The standard InChI is InChI=1S/C26H24N4O3S/c31-25-21(11-20-12-23-24(33-17-32-23)13-22(20)29-25)16-30(15-19-7-4-9-27-14-19)26(34)28-10-8-18-5-2-1-3-6-18/h1-7,9,11-14H,8,10,15-17H2,(H,28,34)(H,29,31). The minimum absolute atomic E-state index is 0.158. The van der Waals surface area contributed by atoms with Crippen LogP contribution in [-0.4, -0.2) is 33.3 Å². The van der Waals surface area contributed by atoms with Gasteiger partial charge in [-0.1, -0.05) is 36.4 Å². The molecule has 5 rings (SSSR count). The summed E-state index contributed by atoms with van der Waals surface area (Å²) in [6, 6.07) is 19.7. The highest BCUT2D eigenvalue weighted by Crippen LogP contribution is 2.35. The second-order valence-electron chi connectivity index (χ2n) is 8.10. The van der Waals surface area contributed by atoms with Gasteiger partial charge in [-0.2, -0.15) is 0 Å². The maximum absolute atomic E-state index is 12.9. The maximum Gasteiger partial charge on any atom is 0.253 e. The molecule has 0 fully saturated rings. The van der Waals surface area contributed by atoms with Gasteiger partial charge in [0, 0.05) is 42.5 Å². The molecule has 0 aliphatic carbocycles. The van der Waals surface area contributed by atoms with Crippen LogP contribution < -0.4 is 20.3 Å². The van der Waals surface area contributed by atoms with E-state index in [4.69, 9.17) is 21.7 Å². The van der Waals surface area contributed by atoms with Crippen molar-refractivity contribution in [2.24, 2.45) is 0 Å². The first-order chi connectivity index (χ1) is 16.7. The van der Waals surface area contributed by atoms with Gasteiger partial charge in [0.05, 0.1) is 12.1 Å². The Hall–Kier alpha value is -3.91. The van der Waals surface area contributed by atoms with E-state index in [1.54, 1.807) is 12.3 Å². The predicted octanol–water partition coefficient (Wildman–Crippen LogP) is 3.77. The van der Waals surface area contributed by atoms with E-state index >= 15 is 0 Å². The SMILES string of the molecule is O=c1[nH]c2cc3c(cc2cc1CN(Cc1cccnc1)C(=S)NCCc1ccccc1)OCO3. The van der Waals surface area contributed by atoms with E-state index in [0.717, 1.165) is 17.4 Å². The zero-order valence-corrected chi connectivity index (χ0v) is 19.3. The average molecular weight is 473 g/mol. The Morgan fingerprint density at radius 3 is 2.62 bits per heavy atom. The molecule has 2 aromatic heterocycles. The van der Waals surface area contributed by atoms with Crippen molar-refractivity contribution in [3.63, 3.8) is 0 Å². The van der Waals surface area contributed by atoms with Crippen LogP contribution in [0.4, 0.5) is 0 Å². The van der Waals surface area contributed by atoms with Crippen molar-refractivity contribution in [1.82, 2.24) is 20.2 Å². The fraction of sp³-hybridized carbons (Fsp3) is 0.192. The summed E-state index contributed by atoms with van der Waals surface area (Å²) in [5.41, 5.74) is 3.41. The monoisotopic (exact) mass is 472 g/mol. The minimum Gasteiger partial charge on any atom is -0.454 e. The van der Waals surface area contributed by atoms with Crippen LogP contribution in [0, 0.1) is 0 Å². The van der Waals surface area contributed by atoms with E-state index in [1.807, 2.05) is 53.6 Å². The third-order valence-corrected chi connectivity index (χ3v) is 6.09. The molecule has 4 aromatic rings. The first-order valence-corrected chi connectivity index (χ1v) is 11.5. The van der Waals surface area contributed by atoms with Crippen molar-refractivity contribution in [3.8, 4) is 11.5 Å². The van der Waals surface area contributed by atoms with Gasteiger partial charge in [-0.25, -0.2) is 0 Å². The molecular weight excluding hydrogens is 448 g/mol. The number of pyridine rings is 2. The molecule has 0 radical (unpaired) electrons. The van der Waals surface area contributed by atoms with Crippen LogP contribution in [0.1, 0.15) is 16.7 Å². The number of fused-ring (bicyclic) bond motifs is 2. The summed E-state index contributed by atoms with van der Waals surface area (Å²) in [5, 5.41) is 4.82. The molecule has 1 aliphatic rings. The zero-order valence-electron chi connectivity index (χ0n) is 18.5. The number of benzene rings is 2. The normalized spacial score (nSPS) is 12.0. The molecule has 2 aromatic carbocycles. The number of nitrogens with zero attached hydrogens (tertiary/aromatic N) is 2. The van der Waals surface area contributed by atoms with Gasteiger partial charge in [-0.15, -0.1) is 0 Å². The summed E-state index contributed by atoms with van der Waals surface area (Å²) < 4.78 is 10.9. The van der Waals surface area contributed by atoms with Gasteiger partial charge in [0.2, 0.25) is 6.79 Å². The number of thiocarbonyl (C=S) groups is 1. The van der Waals surface area contributed by atoms with Crippen LogP contribution in [0.25, 0.3) is 10.9 Å². The molecule has 0 spiro atoms. The second kappa shape index (κ2) is 9.93. The topological polar surface area (TPSA) is 79.5 Å². The Kier molecular flexibility index (Phi) is 6.40. The smallest absolute Gasteiger partial charge is 0.253 e. The second-order valence-corrected chi connectivity index (χ2v) is 8.49.